The number of likely N-dealkylation sites (tertiary alicyclic amines) is 2. The Morgan fingerprint density at radius 1 is 0.584 bits per heavy atom. The van der Waals surface area contributed by atoms with E-state index in [9.17, 15) is 24.0 Å². The number of nitrogens with one attached hydrogen (secondary N) is 3. The molecule has 2 aromatic heterocycles. The van der Waals surface area contributed by atoms with Crippen molar-refractivity contribution >= 4 is 39.7 Å². The number of ether oxygens (including phenoxy) is 5. The summed E-state index contributed by atoms with van der Waals surface area (Å²) in [5.74, 6) is 2.56. The van der Waals surface area contributed by atoms with E-state index in [-0.39, 0.29) is 35.1 Å². The van der Waals surface area contributed by atoms with Crippen molar-refractivity contribution in [2.24, 2.45) is 0 Å². The second-order valence-corrected chi connectivity index (χ2v) is 20.9. The third-order valence-electron chi connectivity index (χ3n) is 14.6. The fourth-order valence-electron chi connectivity index (χ4n) is 10.6. The molecule has 10 rings (SSSR count). The second kappa shape index (κ2) is 24.7. The Bertz CT molecular complexity index is 3190. The number of amides is 3. The number of carbonyl (C=O) groups excluding carboxylic acids is 3. The highest BCUT2D eigenvalue weighted by Crippen LogP contribution is 2.33. The Labute approximate surface area is 449 Å². The van der Waals surface area contributed by atoms with Gasteiger partial charge in [0.25, 0.3) is 22.9 Å². The Morgan fingerprint density at radius 2 is 1.04 bits per heavy atom. The van der Waals surface area contributed by atoms with Crippen LogP contribution in [-0.4, -0.2) is 139 Å². The number of hydrogen-bond acceptors (Lipinski definition) is 13. The Balaban J connectivity index is 0.000000191. The van der Waals surface area contributed by atoms with Gasteiger partial charge in [-0.3, -0.25) is 19.2 Å². The van der Waals surface area contributed by atoms with E-state index < -0.39 is 5.60 Å². The molecule has 2 fully saturated rings. The van der Waals surface area contributed by atoms with E-state index in [2.05, 4.69) is 37.9 Å². The molecule has 408 valence electrons. The third-order valence-corrected chi connectivity index (χ3v) is 14.6. The van der Waals surface area contributed by atoms with E-state index in [1.165, 1.54) is 17.7 Å². The number of fused-ring (bicyclic) bond motifs is 4. The number of pyridine rings is 2. The first-order chi connectivity index (χ1) is 37.2. The monoisotopic (exact) mass is 1050 g/mol. The normalized spacial score (nSPS) is 16.1. The molecule has 2 saturated heterocycles. The molecule has 0 saturated carbocycles. The quantitative estimate of drug-likeness (QED) is 0.109. The van der Waals surface area contributed by atoms with Gasteiger partial charge in [0, 0.05) is 101 Å². The number of carbonyl (C=O) groups is 3. The zero-order valence-electron chi connectivity index (χ0n) is 44.9. The van der Waals surface area contributed by atoms with Crippen LogP contribution in [0.15, 0.2) is 107 Å². The third kappa shape index (κ3) is 13.4. The number of hydrogen-bond donors (Lipinski definition) is 3. The molecule has 77 heavy (non-hydrogen) atoms. The highest BCUT2D eigenvalue weighted by atomic mass is 16.6. The number of benzene rings is 4. The van der Waals surface area contributed by atoms with E-state index in [1.54, 1.807) is 23.2 Å². The summed E-state index contributed by atoms with van der Waals surface area (Å²) < 4.78 is 32.0. The van der Waals surface area contributed by atoms with Gasteiger partial charge in [-0.2, -0.15) is 0 Å². The van der Waals surface area contributed by atoms with Gasteiger partial charge in [-0.1, -0.05) is 48.5 Å². The standard InChI is InChI=1S/C32H40N4O6.C27H32N4O4/c1-32(2,3)42-31(39)36(21-22-9-10-27-28(19-22)41-18-17-40-27)23-11-13-34(14-12-23)15-16-35-26-8-6-5-7-24(26)25(20-29(35)37)30(38)33-4;1-28-27(33)22-17-26(32)31(23-5-3-2-4-21(22)23)13-12-30-10-8-20(9-11-30)29-18-19-6-7-24-25(16-19)35-15-14-34-24/h5-10,19-20,23H,11-18,21H2,1-4H3,(H,33,38);2-7,16-17,20,29H,8-15,18H2,1H3,(H,28,33). The van der Waals surface area contributed by atoms with Gasteiger partial charge in [0.1, 0.15) is 32.0 Å². The Morgan fingerprint density at radius 3 is 1.53 bits per heavy atom. The minimum Gasteiger partial charge on any atom is -0.486 e. The van der Waals surface area contributed by atoms with Gasteiger partial charge in [0.05, 0.1) is 22.2 Å². The molecule has 3 amide bonds. The summed E-state index contributed by atoms with van der Waals surface area (Å²) in [6.07, 6.45) is 3.38. The van der Waals surface area contributed by atoms with E-state index in [0.717, 1.165) is 110 Å². The van der Waals surface area contributed by atoms with E-state index >= 15 is 0 Å². The smallest absolute Gasteiger partial charge is 0.410 e. The van der Waals surface area contributed by atoms with Crippen molar-refractivity contribution in [1.82, 2.24) is 39.8 Å². The van der Waals surface area contributed by atoms with Gasteiger partial charge in [0.15, 0.2) is 23.0 Å². The SMILES string of the molecule is CNC(=O)c1cc(=O)n(CCN2CCC(N(Cc3ccc4c(c3)OCCO4)C(=O)OC(C)(C)C)CC2)c2ccccc12.CNC(=O)c1cc(=O)n(CCN2CCC(NCc3ccc4c(c3)OCCO4)CC2)c2ccccc12. The summed E-state index contributed by atoms with van der Waals surface area (Å²) in [6, 6.07) is 30.4. The summed E-state index contributed by atoms with van der Waals surface area (Å²) in [7, 11) is 3.14. The minimum atomic E-state index is -0.605. The van der Waals surface area contributed by atoms with Gasteiger partial charge in [-0.15, -0.1) is 0 Å². The van der Waals surface area contributed by atoms with Gasteiger partial charge in [-0.05, 0) is 107 Å². The molecule has 4 aliphatic heterocycles. The highest BCUT2D eigenvalue weighted by molar-refractivity contribution is 6.06. The van der Waals surface area contributed by atoms with Crippen molar-refractivity contribution in [3.63, 3.8) is 0 Å². The fraction of sp³-hybridized carbons (Fsp3) is 0.441. The summed E-state index contributed by atoms with van der Waals surface area (Å²) in [4.78, 5) is 70.4. The van der Waals surface area contributed by atoms with Crippen LogP contribution in [0.2, 0.25) is 0 Å². The molecule has 18 heteroatoms. The molecule has 6 heterocycles. The lowest BCUT2D eigenvalue weighted by atomic mass is 10.0. The fourth-order valence-corrected chi connectivity index (χ4v) is 10.6. The molecule has 0 spiro atoms. The number of para-hydroxylation sites is 2. The molecule has 4 aromatic carbocycles. The highest BCUT2D eigenvalue weighted by Gasteiger charge is 2.32. The Hall–Kier alpha value is -7.41. The van der Waals surface area contributed by atoms with Crippen LogP contribution in [0.4, 0.5) is 4.79 Å². The largest absolute Gasteiger partial charge is 0.486 e. The van der Waals surface area contributed by atoms with Crippen molar-refractivity contribution in [3.05, 3.63) is 140 Å². The van der Waals surface area contributed by atoms with Crippen LogP contribution in [-0.2, 0) is 30.9 Å². The second-order valence-electron chi connectivity index (χ2n) is 20.9. The first-order valence-corrected chi connectivity index (χ1v) is 26.9. The Kier molecular flexibility index (Phi) is 17.5. The van der Waals surface area contributed by atoms with Crippen molar-refractivity contribution in [1.29, 1.82) is 0 Å². The lowest BCUT2D eigenvalue weighted by Gasteiger charge is -2.39. The van der Waals surface area contributed by atoms with Crippen LogP contribution in [0.5, 0.6) is 23.0 Å². The topological polar surface area (TPSA) is 187 Å². The maximum absolute atomic E-state index is 13.4. The van der Waals surface area contributed by atoms with Crippen LogP contribution in [0.3, 0.4) is 0 Å². The van der Waals surface area contributed by atoms with Crippen LogP contribution < -0.4 is 46.0 Å². The maximum Gasteiger partial charge on any atom is 0.410 e. The predicted octanol–water partition coefficient (Wildman–Crippen LogP) is 6.42. The molecule has 0 atom stereocenters. The molecule has 18 nitrogen and oxygen atoms in total. The van der Waals surface area contributed by atoms with E-state index in [0.29, 0.717) is 75.5 Å². The van der Waals surface area contributed by atoms with E-state index in [4.69, 9.17) is 23.7 Å². The van der Waals surface area contributed by atoms with Gasteiger partial charge >= 0.3 is 6.09 Å². The summed E-state index contributed by atoms with van der Waals surface area (Å²) >= 11 is 0. The zero-order valence-corrected chi connectivity index (χ0v) is 44.9. The molecule has 0 unspecified atom stereocenters. The predicted molar refractivity (Wildman–Crippen MR) is 296 cm³/mol. The average molecular weight is 1050 g/mol. The van der Waals surface area contributed by atoms with Crippen LogP contribution in [0.25, 0.3) is 21.8 Å². The molecular formula is C59H72N8O10. The van der Waals surface area contributed by atoms with Gasteiger partial charge in [-0.25, -0.2) is 4.79 Å². The number of piperidine rings is 2. The number of rotatable bonds is 14. The molecule has 0 bridgehead atoms. The molecule has 0 aliphatic carbocycles. The molecular weight excluding hydrogens is 981 g/mol. The van der Waals surface area contributed by atoms with Crippen molar-refractivity contribution < 1.29 is 38.1 Å². The maximum atomic E-state index is 13.4. The van der Waals surface area contributed by atoms with Gasteiger partial charge < -0.3 is 63.5 Å². The first-order valence-electron chi connectivity index (χ1n) is 26.9. The van der Waals surface area contributed by atoms with Gasteiger partial charge in [0.2, 0.25) is 0 Å². The number of aromatic nitrogens is 2. The van der Waals surface area contributed by atoms with Crippen molar-refractivity contribution in [3.8, 4) is 23.0 Å². The molecule has 4 aliphatic rings. The van der Waals surface area contributed by atoms with Crippen LogP contribution >= 0.6 is 0 Å². The summed E-state index contributed by atoms with van der Waals surface area (Å²) in [5.41, 5.74) is 3.57. The van der Waals surface area contributed by atoms with Crippen LogP contribution in [0.1, 0.15) is 78.3 Å². The summed E-state index contributed by atoms with van der Waals surface area (Å²) in [5, 5.41) is 10.5. The van der Waals surface area contributed by atoms with E-state index in [1.807, 2.05) is 98.5 Å². The first kappa shape index (κ1) is 54.4. The van der Waals surface area contributed by atoms with Crippen molar-refractivity contribution in [2.45, 2.75) is 90.3 Å². The minimum absolute atomic E-state index is 0.0136. The number of nitrogens with zero attached hydrogens (tertiary/aromatic N) is 5. The zero-order chi connectivity index (χ0) is 54.1. The van der Waals surface area contributed by atoms with Crippen molar-refractivity contribution in [2.75, 3.05) is 79.8 Å². The molecule has 0 radical (unpaired) electrons. The molecule has 6 aromatic rings. The lowest BCUT2D eigenvalue weighted by Crippen LogP contribution is -2.49. The lowest BCUT2D eigenvalue weighted by molar-refractivity contribution is 0.00560. The molecule has 3 N–H and O–H groups in total. The van der Waals surface area contributed by atoms with Crippen LogP contribution in [0, 0.1) is 0 Å². The summed E-state index contributed by atoms with van der Waals surface area (Å²) in [6.45, 7) is 15.2. The average Bonchev–Trinajstić information content (AvgIpc) is 3.45.